The monoisotopic (exact) mass is 468 g/mol. The van der Waals surface area contributed by atoms with Crippen LogP contribution in [-0.2, 0) is 6.54 Å². The summed E-state index contributed by atoms with van der Waals surface area (Å²) in [7, 11) is 0. The highest BCUT2D eigenvalue weighted by Crippen LogP contribution is 2.17. The SMILES string of the molecule is CC1CCCCN1CCCNC(=O)c1ccc2c(=O)n(Cc3ccccc3Cl)c(=O)[nH]c2c1. The van der Waals surface area contributed by atoms with Gasteiger partial charge in [-0.05, 0) is 62.6 Å². The maximum Gasteiger partial charge on any atom is 0.329 e. The average Bonchev–Trinajstić information content (AvgIpc) is 2.81. The third-order valence-corrected chi connectivity index (χ3v) is 6.75. The van der Waals surface area contributed by atoms with Crippen LogP contribution in [-0.4, -0.2) is 46.0 Å². The fourth-order valence-corrected chi connectivity index (χ4v) is 4.61. The standard InChI is InChI=1S/C25H29ClN4O3/c1-17-7-4-5-13-29(17)14-6-12-27-23(31)18-10-11-20-22(15-18)28-25(33)30(24(20)32)16-19-8-2-3-9-21(19)26/h2-3,8-11,15,17H,4-7,12-14,16H2,1H3,(H,27,31)(H,28,33). The third kappa shape index (κ3) is 5.37. The predicted molar refractivity (Wildman–Crippen MR) is 131 cm³/mol. The molecule has 1 saturated heterocycles. The highest BCUT2D eigenvalue weighted by atomic mass is 35.5. The summed E-state index contributed by atoms with van der Waals surface area (Å²) in [5, 5.41) is 3.78. The van der Waals surface area contributed by atoms with Crippen molar-refractivity contribution >= 4 is 28.4 Å². The maximum absolute atomic E-state index is 12.9. The number of carbonyl (C=O) groups is 1. The molecule has 0 aliphatic carbocycles. The van der Waals surface area contributed by atoms with Crippen LogP contribution in [0.1, 0.15) is 48.5 Å². The molecule has 1 aliphatic heterocycles. The molecule has 0 bridgehead atoms. The Kier molecular flexibility index (Phi) is 7.30. The van der Waals surface area contributed by atoms with E-state index in [4.69, 9.17) is 11.6 Å². The first-order valence-corrected chi connectivity index (χ1v) is 11.8. The fraction of sp³-hybridized carbons (Fsp3) is 0.400. The highest BCUT2D eigenvalue weighted by molar-refractivity contribution is 6.31. The number of aromatic amines is 1. The molecule has 1 amide bonds. The molecule has 2 aromatic carbocycles. The Morgan fingerprint density at radius 3 is 2.79 bits per heavy atom. The second-order valence-electron chi connectivity index (χ2n) is 8.66. The summed E-state index contributed by atoms with van der Waals surface area (Å²) in [5.74, 6) is -0.218. The first-order valence-electron chi connectivity index (χ1n) is 11.5. The van der Waals surface area contributed by atoms with Gasteiger partial charge in [-0.15, -0.1) is 0 Å². The zero-order chi connectivity index (χ0) is 23.4. The summed E-state index contributed by atoms with van der Waals surface area (Å²) >= 11 is 6.18. The molecular weight excluding hydrogens is 440 g/mol. The summed E-state index contributed by atoms with van der Waals surface area (Å²) < 4.78 is 1.12. The van der Waals surface area contributed by atoms with Gasteiger partial charge >= 0.3 is 5.69 Å². The van der Waals surface area contributed by atoms with Gasteiger partial charge in [0.15, 0.2) is 0 Å². The van der Waals surface area contributed by atoms with Crippen molar-refractivity contribution in [2.24, 2.45) is 0 Å². The lowest BCUT2D eigenvalue weighted by Gasteiger charge is -2.33. The maximum atomic E-state index is 12.9. The average molecular weight is 469 g/mol. The Morgan fingerprint density at radius 1 is 1.18 bits per heavy atom. The smallest absolute Gasteiger partial charge is 0.329 e. The molecular formula is C25H29ClN4O3. The van der Waals surface area contributed by atoms with E-state index in [1.54, 1.807) is 42.5 Å². The van der Waals surface area contributed by atoms with Gasteiger partial charge < -0.3 is 15.2 Å². The lowest BCUT2D eigenvalue weighted by Crippen LogP contribution is -2.39. The number of amides is 1. The predicted octanol–water partition coefficient (Wildman–Crippen LogP) is 3.39. The van der Waals surface area contributed by atoms with Gasteiger partial charge in [0.25, 0.3) is 11.5 Å². The summed E-state index contributed by atoms with van der Waals surface area (Å²) in [5.41, 5.74) is 0.473. The molecule has 0 radical (unpaired) electrons. The highest BCUT2D eigenvalue weighted by Gasteiger charge is 2.17. The van der Waals surface area contributed by atoms with Gasteiger partial charge in [-0.25, -0.2) is 4.79 Å². The molecule has 1 atom stereocenters. The zero-order valence-electron chi connectivity index (χ0n) is 18.8. The van der Waals surface area contributed by atoms with Gasteiger partial charge in [-0.3, -0.25) is 14.2 Å². The minimum atomic E-state index is -0.541. The fourth-order valence-electron chi connectivity index (χ4n) is 4.41. The topological polar surface area (TPSA) is 87.2 Å². The third-order valence-electron chi connectivity index (χ3n) is 6.38. The second-order valence-corrected chi connectivity index (χ2v) is 9.07. The minimum absolute atomic E-state index is 0.0711. The van der Waals surface area contributed by atoms with Crippen LogP contribution >= 0.6 is 11.6 Å². The number of likely N-dealkylation sites (tertiary alicyclic amines) is 1. The van der Waals surface area contributed by atoms with E-state index in [1.807, 2.05) is 0 Å². The van der Waals surface area contributed by atoms with Gasteiger partial charge in [0.1, 0.15) is 0 Å². The lowest BCUT2D eigenvalue weighted by atomic mass is 10.0. The summed E-state index contributed by atoms with van der Waals surface area (Å²) in [6, 6.07) is 12.4. The molecule has 4 rings (SSSR count). The van der Waals surface area contributed by atoms with Crippen LogP contribution in [0.25, 0.3) is 10.9 Å². The summed E-state index contributed by atoms with van der Waals surface area (Å²) in [6.45, 7) is 5.01. The van der Waals surface area contributed by atoms with E-state index >= 15 is 0 Å². The number of fused-ring (bicyclic) bond motifs is 1. The van der Waals surface area contributed by atoms with Crippen molar-refractivity contribution in [2.45, 2.75) is 45.2 Å². The van der Waals surface area contributed by atoms with E-state index in [9.17, 15) is 14.4 Å². The number of benzene rings is 2. The molecule has 3 aromatic rings. The summed E-state index contributed by atoms with van der Waals surface area (Å²) in [4.78, 5) is 43.3. The molecule has 1 unspecified atom stereocenters. The van der Waals surface area contributed by atoms with E-state index in [0.29, 0.717) is 39.6 Å². The molecule has 174 valence electrons. The molecule has 7 nitrogen and oxygen atoms in total. The van der Waals surface area contributed by atoms with Crippen LogP contribution < -0.4 is 16.6 Å². The second kappa shape index (κ2) is 10.4. The number of nitrogens with zero attached hydrogens (tertiary/aromatic N) is 2. The lowest BCUT2D eigenvalue weighted by molar-refractivity contribution is 0.0949. The van der Waals surface area contributed by atoms with E-state index in [0.717, 1.165) is 24.1 Å². The largest absolute Gasteiger partial charge is 0.352 e. The molecule has 33 heavy (non-hydrogen) atoms. The van der Waals surface area contributed by atoms with Crippen molar-refractivity contribution in [3.8, 4) is 0 Å². The van der Waals surface area contributed by atoms with Crippen molar-refractivity contribution in [3.63, 3.8) is 0 Å². The molecule has 2 N–H and O–H groups in total. The van der Waals surface area contributed by atoms with E-state index < -0.39 is 11.2 Å². The number of piperidine rings is 1. The minimum Gasteiger partial charge on any atom is -0.352 e. The molecule has 1 aliphatic rings. The first-order chi connectivity index (χ1) is 15.9. The van der Waals surface area contributed by atoms with Gasteiger partial charge in [0.2, 0.25) is 0 Å². The Hall–Kier alpha value is -2.90. The Bertz CT molecular complexity index is 1270. The first kappa shape index (κ1) is 23.3. The van der Waals surface area contributed by atoms with Crippen LogP contribution in [0.4, 0.5) is 0 Å². The van der Waals surface area contributed by atoms with Crippen molar-refractivity contribution in [1.29, 1.82) is 0 Å². The van der Waals surface area contributed by atoms with Gasteiger partial charge in [0, 0.05) is 29.7 Å². The van der Waals surface area contributed by atoms with Gasteiger partial charge in [0.05, 0.1) is 17.4 Å². The van der Waals surface area contributed by atoms with Gasteiger partial charge in [-0.1, -0.05) is 36.2 Å². The number of nitrogens with one attached hydrogen (secondary N) is 2. The molecule has 8 heteroatoms. The molecule has 0 saturated carbocycles. The van der Waals surface area contributed by atoms with E-state index in [-0.39, 0.29) is 12.5 Å². The quantitative estimate of drug-likeness (QED) is 0.520. The molecule has 1 fully saturated rings. The number of rotatable bonds is 7. The molecule has 2 heterocycles. The van der Waals surface area contributed by atoms with Gasteiger partial charge in [-0.2, -0.15) is 0 Å². The zero-order valence-corrected chi connectivity index (χ0v) is 19.5. The number of hydrogen-bond donors (Lipinski definition) is 2. The molecule has 1 aromatic heterocycles. The Labute approximate surface area is 197 Å². The summed E-state index contributed by atoms with van der Waals surface area (Å²) in [6.07, 6.45) is 4.66. The van der Waals surface area contributed by atoms with Crippen LogP contribution in [0.15, 0.2) is 52.1 Å². The number of carbonyl (C=O) groups excluding carboxylic acids is 1. The number of aromatic nitrogens is 2. The van der Waals surface area contributed by atoms with Crippen molar-refractivity contribution in [3.05, 3.63) is 79.5 Å². The van der Waals surface area contributed by atoms with Crippen LogP contribution in [0, 0.1) is 0 Å². The number of halogens is 1. The Balaban J connectivity index is 1.44. The van der Waals surface area contributed by atoms with Crippen molar-refractivity contribution < 1.29 is 4.79 Å². The van der Waals surface area contributed by atoms with Crippen LogP contribution in [0.3, 0.4) is 0 Å². The molecule has 0 spiro atoms. The van der Waals surface area contributed by atoms with Crippen molar-refractivity contribution in [1.82, 2.24) is 19.8 Å². The van der Waals surface area contributed by atoms with E-state index in [2.05, 4.69) is 22.1 Å². The van der Waals surface area contributed by atoms with Crippen LogP contribution in [0.5, 0.6) is 0 Å². The van der Waals surface area contributed by atoms with E-state index in [1.165, 1.54) is 19.3 Å². The number of hydrogen-bond acceptors (Lipinski definition) is 4. The number of H-pyrrole nitrogens is 1. The normalized spacial score (nSPS) is 16.7. The van der Waals surface area contributed by atoms with Crippen LogP contribution in [0.2, 0.25) is 5.02 Å². The van der Waals surface area contributed by atoms with Crippen molar-refractivity contribution in [2.75, 3.05) is 19.6 Å². The Morgan fingerprint density at radius 2 is 2.00 bits per heavy atom.